The summed E-state index contributed by atoms with van der Waals surface area (Å²) in [5.74, 6) is 0.0646. The van der Waals surface area contributed by atoms with Gasteiger partial charge < -0.3 is 15.4 Å². The summed E-state index contributed by atoms with van der Waals surface area (Å²) in [5.41, 5.74) is 3.24. The minimum Gasteiger partial charge on any atom is -0.378 e. The minimum absolute atomic E-state index is 0.00520. The van der Waals surface area contributed by atoms with E-state index in [1.54, 1.807) is 17.9 Å². The Morgan fingerprint density at radius 2 is 2.03 bits per heavy atom. The highest BCUT2D eigenvalue weighted by Gasteiger charge is 2.37. The summed E-state index contributed by atoms with van der Waals surface area (Å²) in [4.78, 5) is 25.1. The minimum atomic E-state index is -0.723. The maximum absolute atomic E-state index is 12.6. The molecule has 1 aliphatic heterocycles. The van der Waals surface area contributed by atoms with Crippen LogP contribution in [-0.2, 0) is 27.5 Å². The molecule has 1 aromatic heterocycles. The largest absolute Gasteiger partial charge is 0.378 e. The Morgan fingerprint density at radius 1 is 1.23 bits per heavy atom. The lowest BCUT2D eigenvalue weighted by atomic mass is 10.1. The summed E-state index contributed by atoms with van der Waals surface area (Å²) < 4.78 is 6.87. The molecule has 2 heterocycles. The van der Waals surface area contributed by atoms with Crippen molar-refractivity contribution in [3.05, 3.63) is 70.9 Å². The van der Waals surface area contributed by atoms with Gasteiger partial charge in [-0.1, -0.05) is 54.1 Å². The number of anilines is 1. The van der Waals surface area contributed by atoms with E-state index in [0.29, 0.717) is 23.1 Å². The quantitative estimate of drug-likeness (QED) is 0.607. The van der Waals surface area contributed by atoms with Gasteiger partial charge in [-0.3, -0.25) is 9.59 Å². The van der Waals surface area contributed by atoms with Crippen LogP contribution in [-0.4, -0.2) is 28.7 Å². The van der Waals surface area contributed by atoms with Crippen molar-refractivity contribution >= 4 is 29.2 Å². The predicted molar refractivity (Wildman–Crippen MR) is 114 cm³/mol. The lowest BCUT2D eigenvalue weighted by Gasteiger charge is -2.10. The number of nitrogens with zero attached hydrogens (tertiary/aromatic N) is 2. The van der Waals surface area contributed by atoms with Gasteiger partial charge in [-0.15, -0.1) is 0 Å². The summed E-state index contributed by atoms with van der Waals surface area (Å²) in [6, 6.07) is 16.2. The first-order valence-electron chi connectivity index (χ1n) is 9.54. The Bertz CT molecular complexity index is 1080. The molecular formula is C22H21ClN4O3. The number of carbonyl (C=O) groups is 2. The van der Waals surface area contributed by atoms with Crippen molar-refractivity contribution in [3.63, 3.8) is 0 Å². The number of fused-ring (bicyclic) bond motifs is 1. The molecule has 2 aromatic carbocycles. The number of amides is 2. The maximum Gasteiger partial charge on any atom is 0.251 e. The van der Waals surface area contributed by atoms with E-state index in [1.807, 2.05) is 48.5 Å². The molecule has 0 aliphatic carbocycles. The zero-order chi connectivity index (χ0) is 21.1. The van der Waals surface area contributed by atoms with Gasteiger partial charge in [-0.25, -0.2) is 4.68 Å². The number of halogens is 1. The maximum atomic E-state index is 12.6. The number of ether oxygens (including phenoxy) is 1. The van der Waals surface area contributed by atoms with Crippen molar-refractivity contribution in [2.75, 3.05) is 12.4 Å². The number of hydrogen-bond acceptors (Lipinski definition) is 4. The predicted octanol–water partition coefficient (Wildman–Crippen LogP) is 3.55. The number of methoxy groups -OCH3 is 1. The monoisotopic (exact) mass is 424 g/mol. The molecule has 2 amide bonds. The van der Waals surface area contributed by atoms with E-state index in [-0.39, 0.29) is 24.8 Å². The Hall–Kier alpha value is -3.16. The first kappa shape index (κ1) is 20.1. The number of hydrogen-bond donors (Lipinski definition) is 2. The standard InChI is InChI=1S/C22H21ClN4O3/c1-30-13-17-20(15-8-5-9-16(23)10-15)21-25-22(29)18(27(21)26-17)11-19(28)24-12-14-6-3-2-4-7-14/h2-10,18H,11-13H2,1H3,(H,24,28)(H,25,29). The Kier molecular flexibility index (Phi) is 5.83. The second kappa shape index (κ2) is 8.69. The van der Waals surface area contributed by atoms with Crippen LogP contribution < -0.4 is 10.6 Å². The van der Waals surface area contributed by atoms with Crippen molar-refractivity contribution in [3.8, 4) is 11.1 Å². The molecule has 8 heteroatoms. The highest BCUT2D eigenvalue weighted by Crippen LogP contribution is 2.39. The smallest absolute Gasteiger partial charge is 0.251 e. The van der Waals surface area contributed by atoms with Gasteiger partial charge in [0.25, 0.3) is 5.91 Å². The van der Waals surface area contributed by atoms with E-state index >= 15 is 0 Å². The highest BCUT2D eigenvalue weighted by molar-refractivity contribution is 6.30. The SMILES string of the molecule is COCc1nn2c(c1-c1cccc(Cl)c1)NC(=O)C2CC(=O)NCc1ccccc1. The molecule has 7 nitrogen and oxygen atoms in total. The van der Waals surface area contributed by atoms with Gasteiger partial charge >= 0.3 is 0 Å². The third kappa shape index (κ3) is 4.08. The summed E-state index contributed by atoms with van der Waals surface area (Å²) in [5, 5.41) is 10.9. The molecule has 0 saturated carbocycles. The molecule has 30 heavy (non-hydrogen) atoms. The van der Waals surface area contributed by atoms with Crippen LogP contribution in [0.15, 0.2) is 54.6 Å². The zero-order valence-electron chi connectivity index (χ0n) is 16.4. The number of benzene rings is 2. The van der Waals surface area contributed by atoms with Crippen LogP contribution in [0.25, 0.3) is 11.1 Å². The molecule has 1 atom stereocenters. The van der Waals surface area contributed by atoms with E-state index in [4.69, 9.17) is 16.3 Å². The van der Waals surface area contributed by atoms with Crippen LogP contribution in [0.5, 0.6) is 0 Å². The van der Waals surface area contributed by atoms with Crippen molar-refractivity contribution < 1.29 is 14.3 Å². The van der Waals surface area contributed by atoms with Crippen molar-refractivity contribution in [1.29, 1.82) is 0 Å². The lowest BCUT2D eigenvalue weighted by Crippen LogP contribution is -2.28. The van der Waals surface area contributed by atoms with E-state index < -0.39 is 6.04 Å². The Labute approximate surface area is 179 Å². The molecule has 0 radical (unpaired) electrons. The third-order valence-electron chi connectivity index (χ3n) is 4.93. The zero-order valence-corrected chi connectivity index (χ0v) is 17.1. The van der Waals surface area contributed by atoms with Crippen LogP contribution in [0.3, 0.4) is 0 Å². The molecule has 1 unspecified atom stereocenters. The molecule has 0 fully saturated rings. The molecule has 3 aromatic rings. The van der Waals surface area contributed by atoms with E-state index in [9.17, 15) is 9.59 Å². The fraction of sp³-hybridized carbons (Fsp3) is 0.227. The Morgan fingerprint density at radius 3 is 2.77 bits per heavy atom. The van der Waals surface area contributed by atoms with Crippen LogP contribution in [0.2, 0.25) is 5.02 Å². The molecular weight excluding hydrogens is 404 g/mol. The van der Waals surface area contributed by atoms with Crippen molar-refractivity contribution in [1.82, 2.24) is 15.1 Å². The second-order valence-electron chi connectivity index (χ2n) is 7.03. The average molecular weight is 425 g/mol. The molecule has 4 rings (SSSR count). The molecule has 154 valence electrons. The summed E-state index contributed by atoms with van der Waals surface area (Å²) in [6.07, 6.45) is -0.00520. The van der Waals surface area contributed by atoms with Crippen LogP contribution in [0, 0.1) is 0 Å². The number of carbonyl (C=O) groups excluding carboxylic acids is 2. The Balaban J connectivity index is 1.57. The number of rotatable bonds is 7. The van der Waals surface area contributed by atoms with Gasteiger partial charge in [0.15, 0.2) is 0 Å². The normalized spacial score (nSPS) is 15.0. The highest BCUT2D eigenvalue weighted by atomic mass is 35.5. The van der Waals surface area contributed by atoms with Crippen molar-refractivity contribution in [2.24, 2.45) is 0 Å². The van der Waals surface area contributed by atoms with Gasteiger partial charge in [0, 0.05) is 24.2 Å². The second-order valence-corrected chi connectivity index (χ2v) is 7.47. The summed E-state index contributed by atoms with van der Waals surface area (Å²) >= 11 is 6.15. The van der Waals surface area contributed by atoms with Gasteiger partial charge in [-0.05, 0) is 23.3 Å². The van der Waals surface area contributed by atoms with Gasteiger partial charge in [0.05, 0.1) is 18.7 Å². The van der Waals surface area contributed by atoms with Gasteiger partial charge in [0.1, 0.15) is 11.9 Å². The first-order valence-corrected chi connectivity index (χ1v) is 9.92. The van der Waals surface area contributed by atoms with Crippen LogP contribution in [0.4, 0.5) is 5.82 Å². The summed E-state index contributed by atoms with van der Waals surface area (Å²) in [6.45, 7) is 0.674. The van der Waals surface area contributed by atoms with Crippen molar-refractivity contribution in [2.45, 2.75) is 25.6 Å². The molecule has 0 saturated heterocycles. The molecule has 0 bridgehead atoms. The fourth-order valence-electron chi connectivity index (χ4n) is 3.55. The fourth-order valence-corrected chi connectivity index (χ4v) is 3.74. The first-order chi connectivity index (χ1) is 14.6. The van der Waals surface area contributed by atoms with Crippen LogP contribution in [0.1, 0.15) is 23.7 Å². The van der Waals surface area contributed by atoms with Gasteiger partial charge in [0.2, 0.25) is 5.91 Å². The third-order valence-corrected chi connectivity index (χ3v) is 5.16. The molecule has 1 aliphatic rings. The van der Waals surface area contributed by atoms with Crippen LogP contribution >= 0.6 is 11.6 Å². The van der Waals surface area contributed by atoms with E-state index in [0.717, 1.165) is 16.7 Å². The number of aromatic nitrogens is 2. The topological polar surface area (TPSA) is 85.2 Å². The average Bonchev–Trinajstić information content (AvgIpc) is 3.22. The number of nitrogens with one attached hydrogen (secondary N) is 2. The molecule has 0 spiro atoms. The summed E-state index contributed by atoms with van der Waals surface area (Å²) in [7, 11) is 1.58. The molecule has 2 N–H and O–H groups in total. The van der Waals surface area contributed by atoms with E-state index in [1.165, 1.54) is 0 Å². The lowest BCUT2D eigenvalue weighted by molar-refractivity contribution is -0.126. The van der Waals surface area contributed by atoms with Gasteiger partial charge in [-0.2, -0.15) is 5.10 Å². The van der Waals surface area contributed by atoms with E-state index in [2.05, 4.69) is 15.7 Å².